The summed E-state index contributed by atoms with van der Waals surface area (Å²) >= 11 is 3.45. The van der Waals surface area contributed by atoms with Gasteiger partial charge < -0.3 is 15.1 Å². The molecule has 166 valence electrons. The zero-order chi connectivity index (χ0) is 21.7. The van der Waals surface area contributed by atoms with Gasteiger partial charge in [0, 0.05) is 49.8 Å². The molecule has 1 aromatic carbocycles. The monoisotopic (exact) mass is 478 g/mol. The molecule has 7 heteroatoms. The number of carbonyl (C=O) groups excluding carboxylic acids is 2. The van der Waals surface area contributed by atoms with E-state index in [2.05, 4.69) is 52.1 Å². The second-order valence-corrected chi connectivity index (χ2v) is 10.1. The number of piperazine rings is 1. The molecular formula is C23H35BrN4O2. The van der Waals surface area contributed by atoms with Gasteiger partial charge in [0.15, 0.2) is 0 Å². The number of halogens is 1. The summed E-state index contributed by atoms with van der Waals surface area (Å²) in [5.41, 5.74) is 1.20. The van der Waals surface area contributed by atoms with Gasteiger partial charge in [0.2, 0.25) is 5.91 Å². The Morgan fingerprint density at radius 3 is 2.23 bits per heavy atom. The number of nitrogens with one attached hydrogen (secondary N) is 1. The molecule has 3 atom stereocenters. The fraction of sp³-hybridized carbons (Fsp3) is 0.652. The lowest BCUT2D eigenvalue weighted by Crippen LogP contribution is -2.55. The van der Waals surface area contributed by atoms with E-state index in [0.717, 1.165) is 37.1 Å². The van der Waals surface area contributed by atoms with Crippen LogP contribution >= 0.6 is 15.9 Å². The Morgan fingerprint density at radius 2 is 1.63 bits per heavy atom. The minimum atomic E-state index is -0.00994. The van der Waals surface area contributed by atoms with Crippen molar-refractivity contribution in [3.8, 4) is 0 Å². The van der Waals surface area contributed by atoms with Gasteiger partial charge in [-0.3, -0.25) is 9.69 Å². The Morgan fingerprint density at radius 1 is 1.03 bits per heavy atom. The number of carbonyl (C=O) groups is 2. The quantitative estimate of drug-likeness (QED) is 0.706. The summed E-state index contributed by atoms with van der Waals surface area (Å²) in [6, 6.07) is 8.26. The Hall–Kier alpha value is -1.60. The zero-order valence-electron chi connectivity index (χ0n) is 18.4. The van der Waals surface area contributed by atoms with E-state index < -0.39 is 0 Å². The Balaban J connectivity index is 1.39. The number of amides is 3. The average Bonchev–Trinajstić information content (AvgIpc) is 2.69. The van der Waals surface area contributed by atoms with Crippen molar-refractivity contribution in [1.82, 2.24) is 20.0 Å². The van der Waals surface area contributed by atoms with Crippen LogP contribution in [0, 0.1) is 11.8 Å². The number of hydrogen-bond acceptors (Lipinski definition) is 3. The fourth-order valence-electron chi connectivity index (χ4n) is 4.59. The summed E-state index contributed by atoms with van der Waals surface area (Å²) < 4.78 is 1.06. The second kappa shape index (κ2) is 10.6. The first kappa shape index (κ1) is 23.1. The molecule has 2 aliphatic rings. The third-order valence-electron chi connectivity index (χ3n) is 6.06. The minimum Gasteiger partial charge on any atom is -0.341 e. The van der Waals surface area contributed by atoms with Crippen LogP contribution in [0.25, 0.3) is 0 Å². The predicted octanol–water partition coefficient (Wildman–Crippen LogP) is 3.21. The molecule has 3 unspecified atom stereocenters. The van der Waals surface area contributed by atoms with Crippen molar-refractivity contribution in [2.75, 3.05) is 45.8 Å². The van der Waals surface area contributed by atoms with Crippen molar-refractivity contribution in [1.29, 1.82) is 0 Å². The van der Waals surface area contributed by atoms with Gasteiger partial charge in [-0.15, -0.1) is 0 Å². The van der Waals surface area contributed by atoms with Crippen molar-refractivity contribution in [2.24, 2.45) is 11.8 Å². The molecular weight excluding hydrogens is 444 g/mol. The first-order valence-electron chi connectivity index (χ1n) is 11.1. The van der Waals surface area contributed by atoms with Gasteiger partial charge in [0.05, 0.1) is 6.54 Å². The van der Waals surface area contributed by atoms with Gasteiger partial charge in [0.1, 0.15) is 0 Å². The van der Waals surface area contributed by atoms with E-state index in [-0.39, 0.29) is 18.0 Å². The summed E-state index contributed by atoms with van der Waals surface area (Å²) in [5, 5.41) is 3.11. The zero-order valence-corrected chi connectivity index (χ0v) is 20.0. The Kier molecular flexibility index (Phi) is 8.17. The molecule has 0 spiro atoms. The van der Waals surface area contributed by atoms with Gasteiger partial charge in [-0.25, -0.2) is 4.79 Å². The van der Waals surface area contributed by atoms with E-state index in [1.807, 2.05) is 28.9 Å². The highest BCUT2D eigenvalue weighted by atomic mass is 79.9. The van der Waals surface area contributed by atoms with Crippen LogP contribution in [0.3, 0.4) is 0 Å². The Labute approximate surface area is 189 Å². The van der Waals surface area contributed by atoms with Crippen molar-refractivity contribution in [3.63, 3.8) is 0 Å². The molecule has 1 N–H and O–H groups in total. The van der Waals surface area contributed by atoms with E-state index in [1.165, 1.54) is 12.0 Å². The summed E-state index contributed by atoms with van der Waals surface area (Å²) in [7, 11) is 0. The lowest BCUT2D eigenvalue weighted by molar-refractivity contribution is -0.135. The summed E-state index contributed by atoms with van der Waals surface area (Å²) in [4.78, 5) is 31.4. The molecule has 2 fully saturated rings. The number of benzene rings is 1. The maximum atomic E-state index is 12.7. The Bertz CT molecular complexity index is 708. The van der Waals surface area contributed by atoms with Crippen LogP contribution < -0.4 is 5.32 Å². The van der Waals surface area contributed by atoms with Gasteiger partial charge in [-0.2, -0.15) is 0 Å². The average molecular weight is 479 g/mol. The van der Waals surface area contributed by atoms with Gasteiger partial charge >= 0.3 is 6.03 Å². The van der Waals surface area contributed by atoms with Crippen molar-refractivity contribution in [3.05, 3.63) is 34.3 Å². The molecule has 1 aromatic rings. The number of rotatable bonds is 5. The highest BCUT2D eigenvalue weighted by molar-refractivity contribution is 9.10. The topological polar surface area (TPSA) is 55.9 Å². The van der Waals surface area contributed by atoms with E-state index in [9.17, 15) is 9.59 Å². The number of hydrogen-bond donors (Lipinski definition) is 1. The standard InChI is InChI=1S/C23H35BrN4O2/c1-17-12-18(2)15-28(14-17)22(29)16-26-8-10-27(11-9-26)23(30)25-19(3)13-20-4-6-21(24)7-5-20/h4-7,17-19H,8-16H2,1-3H3,(H,25,30). The number of nitrogens with zero attached hydrogens (tertiary/aromatic N) is 3. The van der Waals surface area contributed by atoms with E-state index in [4.69, 9.17) is 0 Å². The van der Waals surface area contributed by atoms with Crippen LogP contribution in [0.4, 0.5) is 4.79 Å². The lowest BCUT2D eigenvalue weighted by atomic mass is 9.92. The maximum Gasteiger partial charge on any atom is 0.317 e. The summed E-state index contributed by atoms with van der Waals surface area (Å²) in [5.74, 6) is 1.39. The molecule has 6 nitrogen and oxygen atoms in total. The molecule has 30 heavy (non-hydrogen) atoms. The van der Waals surface area contributed by atoms with Crippen LogP contribution in [-0.2, 0) is 11.2 Å². The van der Waals surface area contributed by atoms with Crippen molar-refractivity contribution < 1.29 is 9.59 Å². The van der Waals surface area contributed by atoms with E-state index in [1.54, 1.807) is 0 Å². The predicted molar refractivity (Wildman–Crippen MR) is 123 cm³/mol. The molecule has 0 aliphatic carbocycles. The SMILES string of the molecule is CC1CC(C)CN(C(=O)CN2CCN(C(=O)NC(C)Cc3ccc(Br)cc3)CC2)C1. The fourth-order valence-corrected chi connectivity index (χ4v) is 4.86. The minimum absolute atomic E-state index is 0.00994. The maximum absolute atomic E-state index is 12.7. The molecule has 3 amide bonds. The highest BCUT2D eigenvalue weighted by Crippen LogP contribution is 2.21. The molecule has 2 saturated heterocycles. The largest absolute Gasteiger partial charge is 0.341 e. The van der Waals surface area contributed by atoms with Gasteiger partial charge in [0.25, 0.3) is 0 Å². The van der Waals surface area contributed by atoms with Crippen molar-refractivity contribution in [2.45, 2.75) is 39.7 Å². The van der Waals surface area contributed by atoms with Crippen LogP contribution in [-0.4, -0.2) is 78.5 Å². The summed E-state index contributed by atoms with van der Waals surface area (Å²) in [6.45, 7) is 11.5. The van der Waals surface area contributed by atoms with E-state index in [0.29, 0.717) is 31.5 Å². The lowest BCUT2D eigenvalue weighted by Gasteiger charge is -2.38. The number of urea groups is 1. The van der Waals surface area contributed by atoms with Gasteiger partial charge in [-0.05, 0) is 49.3 Å². The molecule has 0 radical (unpaired) electrons. The molecule has 2 heterocycles. The van der Waals surface area contributed by atoms with Crippen LogP contribution in [0.5, 0.6) is 0 Å². The highest BCUT2D eigenvalue weighted by Gasteiger charge is 2.28. The van der Waals surface area contributed by atoms with Crippen molar-refractivity contribution >= 4 is 27.9 Å². The third-order valence-corrected chi connectivity index (χ3v) is 6.59. The first-order chi connectivity index (χ1) is 14.3. The van der Waals surface area contributed by atoms with Crippen LogP contribution in [0.2, 0.25) is 0 Å². The molecule has 0 saturated carbocycles. The number of likely N-dealkylation sites (tertiary alicyclic amines) is 1. The summed E-state index contributed by atoms with van der Waals surface area (Å²) in [6.07, 6.45) is 2.01. The molecule has 3 rings (SSSR count). The smallest absolute Gasteiger partial charge is 0.317 e. The van der Waals surface area contributed by atoms with Crippen LogP contribution in [0.15, 0.2) is 28.7 Å². The first-order valence-corrected chi connectivity index (χ1v) is 11.9. The molecule has 0 aromatic heterocycles. The third kappa shape index (κ3) is 6.71. The van der Waals surface area contributed by atoms with Crippen LogP contribution in [0.1, 0.15) is 32.8 Å². The normalized spacial score (nSPS) is 23.9. The second-order valence-electron chi connectivity index (χ2n) is 9.19. The number of piperidine rings is 1. The molecule has 2 aliphatic heterocycles. The van der Waals surface area contributed by atoms with E-state index >= 15 is 0 Å². The molecule has 0 bridgehead atoms. The van der Waals surface area contributed by atoms with Gasteiger partial charge in [-0.1, -0.05) is 41.9 Å².